The van der Waals surface area contributed by atoms with E-state index in [9.17, 15) is 4.79 Å². The maximum absolute atomic E-state index is 12.1. The van der Waals surface area contributed by atoms with Gasteiger partial charge in [-0.1, -0.05) is 0 Å². The fraction of sp³-hybridized carbons (Fsp3) is 0.588. The Bertz CT molecular complexity index is 579. The fourth-order valence-corrected chi connectivity index (χ4v) is 3.21. The molecular weight excluding hydrogens is 284 g/mol. The average Bonchev–Trinajstić information content (AvgIpc) is 2.90. The second-order valence-electron chi connectivity index (χ2n) is 5.74. The van der Waals surface area contributed by atoms with Gasteiger partial charge in [0.2, 0.25) is 0 Å². The maximum atomic E-state index is 12.1. The third-order valence-corrected chi connectivity index (χ3v) is 4.38. The molecule has 0 bridgehead atoms. The van der Waals surface area contributed by atoms with Crippen molar-refractivity contribution in [2.45, 2.75) is 46.2 Å². The van der Waals surface area contributed by atoms with Gasteiger partial charge < -0.3 is 18.9 Å². The van der Waals surface area contributed by atoms with E-state index in [2.05, 4.69) is 0 Å². The van der Waals surface area contributed by atoms with Crippen molar-refractivity contribution in [1.29, 1.82) is 0 Å². The summed E-state index contributed by atoms with van der Waals surface area (Å²) in [5, 5.41) is 0. The monoisotopic (exact) mass is 306 g/mol. The quantitative estimate of drug-likeness (QED) is 0.786. The SMILES string of the molecule is COCc1c(C)c2c(c3c1COCCCCOC3)COC2=O. The summed E-state index contributed by atoms with van der Waals surface area (Å²) in [6, 6.07) is 0. The van der Waals surface area contributed by atoms with Crippen LogP contribution in [0.25, 0.3) is 0 Å². The van der Waals surface area contributed by atoms with Gasteiger partial charge in [0.1, 0.15) is 6.61 Å². The molecule has 0 unspecified atom stereocenters. The van der Waals surface area contributed by atoms with E-state index in [1.807, 2.05) is 6.92 Å². The van der Waals surface area contributed by atoms with Crippen LogP contribution in [-0.4, -0.2) is 26.3 Å². The summed E-state index contributed by atoms with van der Waals surface area (Å²) in [4.78, 5) is 12.1. The molecule has 0 aliphatic carbocycles. The van der Waals surface area contributed by atoms with E-state index in [1.165, 1.54) is 0 Å². The Kier molecular flexibility index (Phi) is 4.76. The second kappa shape index (κ2) is 6.77. The third-order valence-electron chi connectivity index (χ3n) is 4.38. The van der Waals surface area contributed by atoms with Gasteiger partial charge in [-0.05, 0) is 42.0 Å². The molecule has 0 N–H and O–H groups in total. The number of hydrogen-bond donors (Lipinski definition) is 0. The zero-order valence-corrected chi connectivity index (χ0v) is 13.2. The van der Waals surface area contributed by atoms with Crippen LogP contribution in [0.4, 0.5) is 0 Å². The Hall–Kier alpha value is -1.43. The lowest BCUT2D eigenvalue weighted by molar-refractivity contribution is 0.0530. The first-order valence-corrected chi connectivity index (χ1v) is 7.71. The van der Waals surface area contributed by atoms with E-state index < -0.39 is 0 Å². The molecule has 5 nitrogen and oxygen atoms in total. The van der Waals surface area contributed by atoms with Gasteiger partial charge in [0.25, 0.3) is 0 Å². The van der Waals surface area contributed by atoms with Crippen LogP contribution in [0.3, 0.4) is 0 Å². The van der Waals surface area contributed by atoms with Gasteiger partial charge in [-0.3, -0.25) is 0 Å². The first kappa shape index (κ1) is 15.5. The summed E-state index contributed by atoms with van der Waals surface area (Å²) < 4.78 is 22.2. The average molecular weight is 306 g/mol. The van der Waals surface area contributed by atoms with Crippen molar-refractivity contribution in [3.05, 3.63) is 33.4 Å². The highest BCUT2D eigenvalue weighted by molar-refractivity contribution is 5.96. The molecule has 3 rings (SSSR count). The number of methoxy groups -OCH3 is 1. The molecule has 1 aromatic carbocycles. The Labute approximate surface area is 130 Å². The summed E-state index contributed by atoms with van der Waals surface area (Å²) in [7, 11) is 1.66. The lowest BCUT2D eigenvalue weighted by Gasteiger charge is -2.21. The van der Waals surface area contributed by atoms with Gasteiger partial charge in [0.05, 0.1) is 25.4 Å². The zero-order valence-electron chi connectivity index (χ0n) is 13.2. The van der Waals surface area contributed by atoms with Gasteiger partial charge >= 0.3 is 5.97 Å². The van der Waals surface area contributed by atoms with Gasteiger partial charge in [-0.2, -0.15) is 0 Å². The van der Waals surface area contributed by atoms with Crippen molar-refractivity contribution < 1.29 is 23.7 Å². The van der Waals surface area contributed by atoms with Crippen LogP contribution in [0.15, 0.2) is 0 Å². The van der Waals surface area contributed by atoms with Crippen LogP contribution in [0.2, 0.25) is 0 Å². The van der Waals surface area contributed by atoms with Crippen molar-refractivity contribution in [2.75, 3.05) is 20.3 Å². The standard InChI is InChI=1S/C17H22O5/c1-11-12(7-19-2)13-8-20-5-3-4-6-21-9-14(13)15-10-22-17(18)16(11)15/h3-10H2,1-2H3. The molecule has 22 heavy (non-hydrogen) atoms. The third kappa shape index (κ3) is 2.76. The van der Waals surface area contributed by atoms with E-state index in [0.717, 1.165) is 47.3 Å². The highest BCUT2D eigenvalue weighted by atomic mass is 16.5. The van der Waals surface area contributed by atoms with E-state index in [-0.39, 0.29) is 5.97 Å². The number of esters is 1. The van der Waals surface area contributed by atoms with Crippen molar-refractivity contribution in [3.63, 3.8) is 0 Å². The van der Waals surface area contributed by atoms with Crippen LogP contribution in [0, 0.1) is 6.92 Å². The zero-order chi connectivity index (χ0) is 15.5. The Morgan fingerprint density at radius 2 is 1.68 bits per heavy atom. The normalized spacial score (nSPS) is 18.5. The van der Waals surface area contributed by atoms with Crippen LogP contribution < -0.4 is 0 Å². The van der Waals surface area contributed by atoms with Crippen molar-refractivity contribution in [2.24, 2.45) is 0 Å². The molecule has 5 heteroatoms. The summed E-state index contributed by atoms with van der Waals surface area (Å²) in [5.41, 5.74) is 5.75. The highest BCUT2D eigenvalue weighted by Crippen LogP contribution is 2.34. The number of carbonyl (C=O) groups is 1. The molecule has 0 saturated carbocycles. The molecule has 0 radical (unpaired) electrons. The van der Waals surface area contributed by atoms with Crippen LogP contribution in [0.1, 0.15) is 51.0 Å². The first-order chi connectivity index (χ1) is 10.7. The maximum Gasteiger partial charge on any atom is 0.339 e. The summed E-state index contributed by atoms with van der Waals surface area (Å²) >= 11 is 0. The predicted octanol–water partition coefficient (Wildman–Crippen LogP) is 2.64. The highest BCUT2D eigenvalue weighted by Gasteiger charge is 2.31. The van der Waals surface area contributed by atoms with Crippen molar-refractivity contribution in [1.82, 2.24) is 0 Å². The lowest BCUT2D eigenvalue weighted by Crippen LogP contribution is -2.15. The van der Waals surface area contributed by atoms with Crippen LogP contribution in [-0.2, 0) is 45.4 Å². The van der Waals surface area contributed by atoms with Gasteiger partial charge in [-0.15, -0.1) is 0 Å². The molecule has 0 atom stereocenters. The first-order valence-electron chi connectivity index (χ1n) is 7.71. The van der Waals surface area contributed by atoms with Crippen molar-refractivity contribution in [3.8, 4) is 0 Å². The molecule has 0 aromatic heterocycles. The van der Waals surface area contributed by atoms with Gasteiger partial charge in [0.15, 0.2) is 0 Å². The molecule has 1 aromatic rings. The molecule has 0 amide bonds. The van der Waals surface area contributed by atoms with E-state index in [1.54, 1.807) is 7.11 Å². The van der Waals surface area contributed by atoms with E-state index in [0.29, 0.717) is 38.6 Å². The molecular formula is C17H22O5. The largest absolute Gasteiger partial charge is 0.457 e. The molecule has 0 saturated heterocycles. The molecule has 120 valence electrons. The number of carbonyl (C=O) groups excluding carboxylic acids is 1. The summed E-state index contributed by atoms with van der Waals surface area (Å²) in [6.07, 6.45) is 1.99. The minimum absolute atomic E-state index is 0.245. The second-order valence-corrected chi connectivity index (χ2v) is 5.74. The number of benzene rings is 1. The summed E-state index contributed by atoms with van der Waals surface area (Å²) in [5.74, 6) is -0.245. The Morgan fingerprint density at radius 1 is 1.00 bits per heavy atom. The Balaban J connectivity index is 2.13. The summed E-state index contributed by atoms with van der Waals surface area (Å²) in [6.45, 7) is 5.20. The predicted molar refractivity (Wildman–Crippen MR) is 79.6 cm³/mol. The molecule has 0 fully saturated rings. The molecule has 0 spiro atoms. The van der Waals surface area contributed by atoms with Crippen LogP contribution >= 0.6 is 0 Å². The van der Waals surface area contributed by atoms with E-state index >= 15 is 0 Å². The van der Waals surface area contributed by atoms with Crippen LogP contribution in [0.5, 0.6) is 0 Å². The number of rotatable bonds is 2. The minimum Gasteiger partial charge on any atom is -0.457 e. The fourth-order valence-electron chi connectivity index (χ4n) is 3.21. The van der Waals surface area contributed by atoms with Crippen molar-refractivity contribution >= 4 is 5.97 Å². The lowest BCUT2D eigenvalue weighted by atomic mass is 9.88. The van der Waals surface area contributed by atoms with E-state index in [4.69, 9.17) is 18.9 Å². The number of ether oxygens (including phenoxy) is 4. The number of hydrogen-bond acceptors (Lipinski definition) is 5. The Morgan fingerprint density at radius 3 is 2.36 bits per heavy atom. The number of cyclic esters (lactones) is 1. The molecule has 2 aliphatic heterocycles. The molecule has 2 aliphatic rings. The smallest absolute Gasteiger partial charge is 0.339 e. The minimum atomic E-state index is -0.245. The van der Waals surface area contributed by atoms with Gasteiger partial charge in [-0.25, -0.2) is 4.79 Å². The molecule has 2 heterocycles. The van der Waals surface area contributed by atoms with Gasteiger partial charge in [0, 0.05) is 25.9 Å². The topological polar surface area (TPSA) is 54.0 Å². The number of fused-ring (bicyclic) bond motifs is 3.